The van der Waals surface area contributed by atoms with Gasteiger partial charge in [0.05, 0.1) is 42.7 Å². The van der Waals surface area contributed by atoms with E-state index in [2.05, 4.69) is 24.3 Å². The lowest BCUT2D eigenvalue weighted by atomic mass is 9.72. The molecule has 0 spiro atoms. The molecule has 3 rings (SSSR count). The Balaban J connectivity index is 1.80. The Kier molecular flexibility index (Phi) is 14.0. The molecule has 0 N–H and O–H groups in total. The third-order valence-corrected chi connectivity index (χ3v) is 9.53. The van der Waals surface area contributed by atoms with Crippen LogP contribution in [0.1, 0.15) is 32.1 Å². The standard InChI is InChI=1S/C31H54O9/c1-32-23-18-24(33-2)22(13-11-20-16-27(36-5)31(40-9)28(17-20)37-6)29(38-7)21(23)12-10-19-14-25(34-3)30(39-8)26(15-19)35-4/h10-13,19-31H,14-18H2,1-9H3/b12-10+,13-11+. The first kappa shape index (κ1) is 33.6. The van der Waals surface area contributed by atoms with Gasteiger partial charge in [-0.1, -0.05) is 24.3 Å². The van der Waals surface area contributed by atoms with E-state index in [4.69, 9.17) is 42.6 Å². The second kappa shape index (κ2) is 16.7. The van der Waals surface area contributed by atoms with E-state index in [1.54, 1.807) is 64.0 Å². The number of ether oxygens (including phenoxy) is 9. The third-order valence-electron chi connectivity index (χ3n) is 9.53. The molecule has 3 aliphatic rings. The van der Waals surface area contributed by atoms with Crippen molar-refractivity contribution < 1.29 is 42.6 Å². The van der Waals surface area contributed by atoms with E-state index in [0.717, 1.165) is 32.1 Å². The van der Waals surface area contributed by atoms with Crippen LogP contribution in [0, 0.1) is 23.7 Å². The topological polar surface area (TPSA) is 83.1 Å². The molecule has 0 aliphatic heterocycles. The largest absolute Gasteiger partial charge is 0.381 e. The van der Waals surface area contributed by atoms with Crippen LogP contribution in [0.2, 0.25) is 0 Å². The summed E-state index contributed by atoms with van der Waals surface area (Å²) in [5.74, 6) is 0.749. The van der Waals surface area contributed by atoms with Crippen LogP contribution in [-0.2, 0) is 42.6 Å². The van der Waals surface area contributed by atoms with Gasteiger partial charge in [0.15, 0.2) is 0 Å². The normalized spacial score (nSPS) is 43.1. The predicted octanol–water partition coefficient (Wildman–Crippen LogP) is 3.69. The summed E-state index contributed by atoms with van der Waals surface area (Å²) < 4.78 is 52.7. The van der Waals surface area contributed by atoms with Crippen LogP contribution >= 0.6 is 0 Å². The van der Waals surface area contributed by atoms with Crippen LogP contribution in [0.5, 0.6) is 0 Å². The molecule has 8 atom stereocenters. The van der Waals surface area contributed by atoms with Crippen LogP contribution < -0.4 is 0 Å². The quantitative estimate of drug-likeness (QED) is 0.308. The summed E-state index contributed by atoms with van der Waals surface area (Å²) >= 11 is 0. The Hall–Kier alpha value is -0.880. The number of hydrogen-bond donors (Lipinski definition) is 0. The molecule has 0 bridgehead atoms. The average Bonchev–Trinajstić information content (AvgIpc) is 3.00. The van der Waals surface area contributed by atoms with Gasteiger partial charge >= 0.3 is 0 Å². The smallest absolute Gasteiger partial charge is 0.109 e. The number of rotatable bonds is 13. The summed E-state index contributed by atoms with van der Waals surface area (Å²) in [6.45, 7) is 0. The number of methoxy groups -OCH3 is 9. The minimum Gasteiger partial charge on any atom is -0.381 e. The Labute approximate surface area is 241 Å². The van der Waals surface area contributed by atoms with E-state index in [-0.39, 0.29) is 66.8 Å². The SMILES string of the molecule is COC1CC(OC)C(/C=C/C2CC(OC)C(OC)C(OC)C2)C(OC)C1/C=C/C1CC(OC)C(OC)C(OC)C1. The maximum absolute atomic E-state index is 6.20. The lowest BCUT2D eigenvalue weighted by Gasteiger charge is -2.44. The van der Waals surface area contributed by atoms with Gasteiger partial charge in [-0.3, -0.25) is 0 Å². The summed E-state index contributed by atoms with van der Waals surface area (Å²) in [5.41, 5.74) is 0. The summed E-state index contributed by atoms with van der Waals surface area (Å²) in [6.07, 6.45) is 13.1. The minimum atomic E-state index is -0.102. The zero-order valence-corrected chi connectivity index (χ0v) is 26.0. The van der Waals surface area contributed by atoms with Crippen molar-refractivity contribution in [3.63, 3.8) is 0 Å². The first-order valence-corrected chi connectivity index (χ1v) is 14.5. The summed E-state index contributed by atoms with van der Waals surface area (Å²) in [6, 6.07) is 0. The summed E-state index contributed by atoms with van der Waals surface area (Å²) in [4.78, 5) is 0. The Morgan fingerprint density at radius 1 is 0.325 bits per heavy atom. The lowest BCUT2D eigenvalue weighted by Crippen LogP contribution is -2.50. The molecule has 3 aliphatic carbocycles. The third kappa shape index (κ3) is 7.74. The molecule has 9 nitrogen and oxygen atoms in total. The molecule has 0 aromatic rings. The van der Waals surface area contributed by atoms with Gasteiger partial charge in [0, 0.05) is 82.2 Å². The predicted molar refractivity (Wildman–Crippen MR) is 152 cm³/mol. The molecule has 9 heteroatoms. The number of allylic oxidation sites excluding steroid dienone is 2. The van der Waals surface area contributed by atoms with Crippen LogP contribution in [-0.4, -0.2) is 119 Å². The molecule has 0 aromatic carbocycles. The highest BCUT2D eigenvalue weighted by Crippen LogP contribution is 2.39. The summed E-state index contributed by atoms with van der Waals surface area (Å²) in [5, 5.41) is 0. The van der Waals surface area contributed by atoms with Gasteiger partial charge < -0.3 is 42.6 Å². The van der Waals surface area contributed by atoms with Crippen molar-refractivity contribution in [3.05, 3.63) is 24.3 Å². The van der Waals surface area contributed by atoms with Crippen LogP contribution in [0.25, 0.3) is 0 Å². The van der Waals surface area contributed by atoms with E-state index >= 15 is 0 Å². The molecule has 8 unspecified atom stereocenters. The fourth-order valence-electron chi connectivity index (χ4n) is 7.33. The van der Waals surface area contributed by atoms with Crippen molar-refractivity contribution in [2.75, 3.05) is 64.0 Å². The van der Waals surface area contributed by atoms with Gasteiger partial charge in [0.25, 0.3) is 0 Å². The molecule has 232 valence electrons. The highest BCUT2D eigenvalue weighted by Gasteiger charge is 2.45. The molecule has 3 fully saturated rings. The highest BCUT2D eigenvalue weighted by atomic mass is 16.6. The molecular formula is C31H54O9. The fraction of sp³-hybridized carbons (Fsp3) is 0.871. The van der Waals surface area contributed by atoms with Crippen molar-refractivity contribution in [2.45, 2.75) is 87.0 Å². The van der Waals surface area contributed by atoms with E-state index in [1.165, 1.54) is 0 Å². The first-order valence-electron chi connectivity index (χ1n) is 14.5. The second-order valence-corrected chi connectivity index (χ2v) is 11.4. The summed E-state index contributed by atoms with van der Waals surface area (Å²) in [7, 11) is 15.7. The van der Waals surface area contributed by atoms with E-state index in [1.807, 2.05) is 0 Å². The van der Waals surface area contributed by atoms with E-state index in [9.17, 15) is 0 Å². The van der Waals surface area contributed by atoms with Gasteiger partial charge in [0.2, 0.25) is 0 Å². The molecule has 0 heterocycles. The van der Waals surface area contributed by atoms with Crippen molar-refractivity contribution in [2.24, 2.45) is 23.7 Å². The zero-order chi connectivity index (χ0) is 29.2. The van der Waals surface area contributed by atoms with Gasteiger partial charge in [0.1, 0.15) is 12.2 Å². The van der Waals surface area contributed by atoms with Gasteiger partial charge in [-0.15, -0.1) is 0 Å². The van der Waals surface area contributed by atoms with Crippen molar-refractivity contribution in [3.8, 4) is 0 Å². The highest BCUT2D eigenvalue weighted by molar-refractivity contribution is 5.12. The number of hydrogen-bond acceptors (Lipinski definition) is 9. The molecule has 0 amide bonds. The Bertz CT molecular complexity index is 688. The molecule has 0 radical (unpaired) electrons. The minimum absolute atomic E-state index is 0.0181. The Morgan fingerprint density at radius 3 is 0.875 bits per heavy atom. The molecular weight excluding hydrogens is 516 g/mol. The Morgan fingerprint density at radius 2 is 0.625 bits per heavy atom. The maximum Gasteiger partial charge on any atom is 0.109 e. The van der Waals surface area contributed by atoms with E-state index < -0.39 is 0 Å². The molecule has 3 saturated carbocycles. The fourth-order valence-corrected chi connectivity index (χ4v) is 7.33. The first-order chi connectivity index (χ1) is 19.4. The van der Waals surface area contributed by atoms with Crippen LogP contribution in [0.4, 0.5) is 0 Å². The lowest BCUT2D eigenvalue weighted by molar-refractivity contribution is -0.136. The second-order valence-electron chi connectivity index (χ2n) is 11.4. The van der Waals surface area contributed by atoms with Crippen molar-refractivity contribution in [1.82, 2.24) is 0 Å². The van der Waals surface area contributed by atoms with Crippen molar-refractivity contribution >= 4 is 0 Å². The molecule has 0 aromatic heterocycles. The van der Waals surface area contributed by atoms with Gasteiger partial charge in [-0.2, -0.15) is 0 Å². The van der Waals surface area contributed by atoms with Crippen LogP contribution in [0.15, 0.2) is 24.3 Å². The van der Waals surface area contributed by atoms with Crippen LogP contribution in [0.3, 0.4) is 0 Å². The monoisotopic (exact) mass is 570 g/mol. The van der Waals surface area contributed by atoms with Gasteiger partial charge in [-0.05, 0) is 37.5 Å². The average molecular weight is 571 g/mol. The van der Waals surface area contributed by atoms with E-state index in [0.29, 0.717) is 11.8 Å². The molecule has 40 heavy (non-hydrogen) atoms. The maximum atomic E-state index is 6.20. The van der Waals surface area contributed by atoms with Gasteiger partial charge in [-0.25, -0.2) is 0 Å². The molecule has 0 saturated heterocycles. The van der Waals surface area contributed by atoms with Crippen molar-refractivity contribution in [1.29, 1.82) is 0 Å². The zero-order valence-electron chi connectivity index (χ0n) is 26.0.